The minimum atomic E-state index is -0.206. The molecule has 0 radical (unpaired) electrons. The molecule has 1 aliphatic carbocycles. The van der Waals surface area contributed by atoms with Crippen LogP contribution in [0.2, 0.25) is 0 Å². The number of carbonyl (C=O) groups excluding carboxylic acids is 1. The van der Waals surface area contributed by atoms with Gasteiger partial charge in [0.15, 0.2) is 0 Å². The molecule has 0 aromatic heterocycles. The minimum Gasteiger partial charge on any atom is -0.353 e. The largest absolute Gasteiger partial charge is 0.353 e. The highest BCUT2D eigenvalue weighted by Crippen LogP contribution is 2.42. The average molecular weight is 431 g/mol. The van der Waals surface area contributed by atoms with Gasteiger partial charge in [-0.05, 0) is 75.9 Å². The average Bonchev–Trinajstić information content (AvgIpc) is 2.73. The standard InChI is InChI=1S/C25H31FN2O.ClH/c1-28(2)25(22-10-12-23(26)13-11-22)16-14-21(15-17-25)19-24(29)27-18-6-9-20-7-4-3-5-8-20;/h3-5,7-8,10-13,19H,6,9,14-18H2,1-2H3,(H,27,29);1H. The summed E-state index contributed by atoms with van der Waals surface area (Å²) in [5.41, 5.74) is 3.55. The van der Waals surface area contributed by atoms with E-state index in [2.05, 4.69) is 36.4 Å². The smallest absolute Gasteiger partial charge is 0.243 e. The van der Waals surface area contributed by atoms with E-state index in [1.165, 1.54) is 23.3 Å². The van der Waals surface area contributed by atoms with E-state index in [4.69, 9.17) is 0 Å². The van der Waals surface area contributed by atoms with Gasteiger partial charge in [-0.25, -0.2) is 4.39 Å². The highest BCUT2D eigenvalue weighted by Gasteiger charge is 2.37. The van der Waals surface area contributed by atoms with Crippen LogP contribution in [0.3, 0.4) is 0 Å². The van der Waals surface area contributed by atoms with Gasteiger partial charge in [0.1, 0.15) is 5.82 Å². The molecular weight excluding hydrogens is 399 g/mol. The first-order valence-electron chi connectivity index (χ1n) is 10.4. The molecule has 2 aromatic rings. The Kier molecular flexibility index (Phi) is 9.07. The van der Waals surface area contributed by atoms with E-state index >= 15 is 0 Å². The Morgan fingerprint density at radius 3 is 2.30 bits per heavy atom. The fourth-order valence-electron chi connectivity index (χ4n) is 4.27. The summed E-state index contributed by atoms with van der Waals surface area (Å²) in [7, 11) is 4.16. The quantitative estimate of drug-likeness (QED) is 0.480. The summed E-state index contributed by atoms with van der Waals surface area (Å²) in [4.78, 5) is 14.5. The Balaban J connectivity index is 0.00000320. The monoisotopic (exact) mass is 430 g/mol. The van der Waals surface area contributed by atoms with Crippen molar-refractivity contribution in [3.63, 3.8) is 0 Å². The third-order valence-corrected chi connectivity index (χ3v) is 6.08. The van der Waals surface area contributed by atoms with Crippen LogP contribution in [0, 0.1) is 5.82 Å². The van der Waals surface area contributed by atoms with Crippen molar-refractivity contribution in [1.82, 2.24) is 10.2 Å². The molecule has 3 rings (SSSR count). The third kappa shape index (κ3) is 6.16. The van der Waals surface area contributed by atoms with Gasteiger partial charge in [-0.15, -0.1) is 12.4 Å². The van der Waals surface area contributed by atoms with Gasteiger partial charge in [-0.1, -0.05) is 48.0 Å². The lowest BCUT2D eigenvalue weighted by molar-refractivity contribution is -0.116. The SMILES string of the molecule is CN(C)C1(c2ccc(F)cc2)CCC(=CC(=O)NCCCc2ccccc2)CC1.Cl. The summed E-state index contributed by atoms with van der Waals surface area (Å²) in [5.74, 6) is -0.199. The second-order valence-corrected chi connectivity index (χ2v) is 8.12. The molecule has 0 aliphatic heterocycles. The van der Waals surface area contributed by atoms with E-state index in [0.717, 1.165) is 44.1 Å². The first kappa shape index (κ1) is 24.1. The van der Waals surface area contributed by atoms with Gasteiger partial charge < -0.3 is 5.32 Å². The maximum Gasteiger partial charge on any atom is 0.243 e. The number of amides is 1. The van der Waals surface area contributed by atoms with E-state index in [9.17, 15) is 9.18 Å². The van der Waals surface area contributed by atoms with Crippen LogP contribution in [-0.4, -0.2) is 31.4 Å². The number of halogens is 2. The Hall–Kier alpha value is -2.17. The zero-order chi connectivity index (χ0) is 20.7. The number of hydrogen-bond donors (Lipinski definition) is 1. The number of hydrogen-bond acceptors (Lipinski definition) is 2. The summed E-state index contributed by atoms with van der Waals surface area (Å²) in [6.07, 6.45) is 7.32. The van der Waals surface area contributed by atoms with Crippen molar-refractivity contribution in [2.75, 3.05) is 20.6 Å². The number of nitrogens with one attached hydrogen (secondary N) is 1. The van der Waals surface area contributed by atoms with E-state index in [1.54, 1.807) is 6.08 Å². The zero-order valence-corrected chi connectivity index (χ0v) is 18.7. The van der Waals surface area contributed by atoms with E-state index < -0.39 is 0 Å². The third-order valence-electron chi connectivity index (χ3n) is 6.08. The van der Waals surface area contributed by atoms with E-state index in [1.807, 2.05) is 30.3 Å². The summed E-state index contributed by atoms with van der Waals surface area (Å²) in [6, 6.07) is 17.2. The Labute approximate surface area is 185 Å². The fraction of sp³-hybridized carbons (Fsp3) is 0.400. The van der Waals surface area contributed by atoms with Gasteiger partial charge in [0.05, 0.1) is 0 Å². The summed E-state index contributed by atoms with van der Waals surface area (Å²) in [5, 5.41) is 3.01. The van der Waals surface area contributed by atoms with Crippen molar-refractivity contribution in [3.05, 3.63) is 83.2 Å². The molecule has 1 N–H and O–H groups in total. The molecule has 0 saturated heterocycles. The maximum absolute atomic E-state index is 13.3. The van der Waals surface area contributed by atoms with Crippen molar-refractivity contribution in [2.45, 2.75) is 44.1 Å². The molecule has 2 aromatic carbocycles. The van der Waals surface area contributed by atoms with Crippen LogP contribution in [0.15, 0.2) is 66.2 Å². The van der Waals surface area contributed by atoms with Crippen LogP contribution in [0.25, 0.3) is 0 Å². The second-order valence-electron chi connectivity index (χ2n) is 8.12. The lowest BCUT2D eigenvalue weighted by Crippen LogP contribution is -2.43. The molecule has 0 bridgehead atoms. The molecule has 0 unspecified atom stereocenters. The van der Waals surface area contributed by atoms with Crippen LogP contribution in [0.5, 0.6) is 0 Å². The lowest BCUT2D eigenvalue weighted by atomic mass is 9.74. The fourth-order valence-corrected chi connectivity index (χ4v) is 4.27. The minimum absolute atomic E-state index is 0. The van der Waals surface area contributed by atoms with Crippen molar-refractivity contribution >= 4 is 18.3 Å². The van der Waals surface area contributed by atoms with Crippen molar-refractivity contribution in [3.8, 4) is 0 Å². The van der Waals surface area contributed by atoms with Crippen LogP contribution in [-0.2, 0) is 16.8 Å². The number of rotatable bonds is 7. The van der Waals surface area contributed by atoms with Gasteiger partial charge in [0.2, 0.25) is 5.91 Å². The number of nitrogens with zero attached hydrogens (tertiary/aromatic N) is 1. The molecular formula is C25H32ClFN2O. The Morgan fingerprint density at radius 1 is 1.07 bits per heavy atom. The molecule has 30 heavy (non-hydrogen) atoms. The van der Waals surface area contributed by atoms with Gasteiger partial charge in [-0.2, -0.15) is 0 Å². The normalized spacial score (nSPS) is 18.6. The highest BCUT2D eigenvalue weighted by atomic mass is 35.5. The van der Waals surface area contributed by atoms with Gasteiger partial charge in [0.25, 0.3) is 0 Å². The molecule has 1 amide bonds. The second kappa shape index (κ2) is 11.3. The van der Waals surface area contributed by atoms with Gasteiger partial charge in [-0.3, -0.25) is 9.69 Å². The van der Waals surface area contributed by atoms with Crippen LogP contribution >= 0.6 is 12.4 Å². The number of aryl methyl sites for hydroxylation is 1. The summed E-state index contributed by atoms with van der Waals surface area (Å²) in [6.45, 7) is 0.689. The van der Waals surface area contributed by atoms with E-state index in [-0.39, 0.29) is 29.7 Å². The van der Waals surface area contributed by atoms with Crippen molar-refractivity contribution in [1.29, 1.82) is 0 Å². The lowest BCUT2D eigenvalue weighted by Gasteiger charge is -2.44. The first-order valence-corrected chi connectivity index (χ1v) is 10.4. The topological polar surface area (TPSA) is 32.3 Å². The van der Waals surface area contributed by atoms with E-state index in [0.29, 0.717) is 6.54 Å². The zero-order valence-electron chi connectivity index (χ0n) is 17.9. The predicted molar refractivity (Wildman–Crippen MR) is 123 cm³/mol. The molecule has 0 heterocycles. The number of carbonyl (C=O) groups is 1. The van der Waals surface area contributed by atoms with Crippen molar-refractivity contribution < 1.29 is 9.18 Å². The van der Waals surface area contributed by atoms with Gasteiger partial charge in [0, 0.05) is 18.2 Å². The van der Waals surface area contributed by atoms with Crippen LogP contribution in [0.1, 0.15) is 43.2 Å². The van der Waals surface area contributed by atoms with Crippen LogP contribution < -0.4 is 5.32 Å². The van der Waals surface area contributed by atoms with Gasteiger partial charge >= 0.3 is 0 Å². The summed E-state index contributed by atoms with van der Waals surface area (Å²) >= 11 is 0. The highest BCUT2D eigenvalue weighted by molar-refractivity contribution is 5.88. The molecule has 1 fully saturated rings. The predicted octanol–water partition coefficient (Wildman–Crippen LogP) is 5.25. The Bertz CT molecular complexity index is 824. The molecule has 162 valence electrons. The molecule has 5 heteroatoms. The number of allylic oxidation sites excluding steroid dienone is 1. The molecule has 1 saturated carbocycles. The molecule has 0 spiro atoms. The maximum atomic E-state index is 13.3. The first-order chi connectivity index (χ1) is 14.0. The van der Waals surface area contributed by atoms with Crippen molar-refractivity contribution in [2.24, 2.45) is 0 Å². The molecule has 3 nitrogen and oxygen atoms in total. The summed E-state index contributed by atoms with van der Waals surface area (Å²) < 4.78 is 13.3. The van der Waals surface area contributed by atoms with Crippen LogP contribution in [0.4, 0.5) is 4.39 Å². The molecule has 0 atom stereocenters. The molecule has 1 aliphatic rings. The number of benzene rings is 2. The Morgan fingerprint density at radius 2 is 1.70 bits per heavy atom.